The van der Waals surface area contributed by atoms with Gasteiger partial charge in [-0.25, -0.2) is 10.3 Å². The number of alkyl carbamates (subject to hydrolysis) is 1. The minimum atomic E-state index is -0.964. The number of benzene rings is 3. The topological polar surface area (TPSA) is 180 Å². The number of carbonyl (C=O) groups excluding carboxylic acids is 5. The van der Waals surface area contributed by atoms with Gasteiger partial charge in [0.2, 0.25) is 5.91 Å². The molecule has 64 heavy (non-hydrogen) atoms. The molecule has 0 unspecified atom stereocenters. The van der Waals surface area contributed by atoms with E-state index in [2.05, 4.69) is 21.4 Å². The summed E-state index contributed by atoms with van der Waals surface area (Å²) in [5, 5.41) is 11.2. The third-order valence-electron chi connectivity index (χ3n) is 9.77. The third-order valence-corrected chi connectivity index (χ3v) is 9.77. The number of rotatable bonds is 15. The van der Waals surface area contributed by atoms with Crippen LogP contribution in [0.15, 0.2) is 66.7 Å². The van der Waals surface area contributed by atoms with Gasteiger partial charge in [0.25, 0.3) is 5.91 Å². The Morgan fingerprint density at radius 2 is 1.11 bits per heavy atom. The molecule has 0 aromatic heterocycles. The standard InChI is InChI=1S/C48H71N7O9/c1-46(2,3)62-42(57)32-53-22-20-49-21-23-54(33-43(58)63-47(4,5)6)25-27-55(26-24-53)31-41(56)50-30-35-14-16-36(17-15-35)34-61-52-44(59)40(51-45(60)64-48(7,8)9)29-37-18-19-38-12-10-11-13-39(38)28-37/h10-19,28,40,49H,20-27,29-34H2,1-9H3,(H,50,56)(H,51,60)(H,52,59)/t40-/m1/s1. The lowest BCUT2D eigenvalue weighted by Gasteiger charge is -2.31. The summed E-state index contributed by atoms with van der Waals surface area (Å²) in [7, 11) is 0. The van der Waals surface area contributed by atoms with Crippen molar-refractivity contribution in [1.82, 2.24) is 36.1 Å². The second-order valence-electron chi connectivity index (χ2n) is 19.2. The van der Waals surface area contributed by atoms with Crippen molar-refractivity contribution in [2.24, 2.45) is 0 Å². The molecule has 1 aliphatic rings. The van der Waals surface area contributed by atoms with Gasteiger partial charge in [0.1, 0.15) is 22.8 Å². The van der Waals surface area contributed by atoms with Gasteiger partial charge in [0, 0.05) is 65.3 Å². The van der Waals surface area contributed by atoms with E-state index in [0.717, 1.165) is 27.5 Å². The molecule has 1 heterocycles. The molecular weight excluding hydrogens is 819 g/mol. The summed E-state index contributed by atoms with van der Waals surface area (Å²) in [6.45, 7) is 21.7. The molecule has 3 amide bonds. The molecule has 1 saturated heterocycles. The predicted octanol–water partition coefficient (Wildman–Crippen LogP) is 4.33. The molecule has 1 fully saturated rings. The van der Waals surface area contributed by atoms with Gasteiger partial charge in [0.05, 0.1) is 26.2 Å². The van der Waals surface area contributed by atoms with Crippen LogP contribution < -0.4 is 21.4 Å². The summed E-state index contributed by atoms with van der Waals surface area (Å²) in [4.78, 5) is 76.7. The fraction of sp³-hybridized carbons (Fsp3) is 0.562. The van der Waals surface area contributed by atoms with Crippen molar-refractivity contribution in [3.8, 4) is 0 Å². The summed E-state index contributed by atoms with van der Waals surface area (Å²) < 4.78 is 16.6. The van der Waals surface area contributed by atoms with E-state index < -0.39 is 34.8 Å². The molecule has 4 rings (SSSR count). The number of nitrogens with zero attached hydrogens (tertiary/aromatic N) is 3. The van der Waals surface area contributed by atoms with E-state index in [-0.39, 0.29) is 50.5 Å². The van der Waals surface area contributed by atoms with Crippen LogP contribution in [-0.2, 0) is 57.8 Å². The zero-order valence-electron chi connectivity index (χ0n) is 39.3. The zero-order chi connectivity index (χ0) is 46.9. The molecule has 1 atom stereocenters. The summed E-state index contributed by atoms with van der Waals surface area (Å²) >= 11 is 0. The monoisotopic (exact) mass is 890 g/mol. The normalized spacial score (nSPS) is 15.8. The lowest BCUT2D eigenvalue weighted by molar-refractivity contribution is -0.157. The smallest absolute Gasteiger partial charge is 0.408 e. The van der Waals surface area contributed by atoms with Crippen LogP contribution in [0.5, 0.6) is 0 Å². The molecule has 16 heteroatoms. The van der Waals surface area contributed by atoms with Gasteiger partial charge in [-0.1, -0.05) is 66.7 Å². The lowest BCUT2D eigenvalue weighted by Crippen LogP contribution is -2.49. The fourth-order valence-electron chi connectivity index (χ4n) is 6.82. The van der Waals surface area contributed by atoms with Gasteiger partial charge in [0.15, 0.2) is 0 Å². The Bertz CT molecular complexity index is 1950. The molecule has 16 nitrogen and oxygen atoms in total. The first kappa shape index (κ1) is 51.5. The van der Waals surface area contributed by atoms with Crippen LogP contribution in [0.4, 0.5) is 4.79 Å². The van der Waals surface area contributed by atoms with Gasteiger partial charge < -0.3 is 30.2 Å². The maximum Gasteiger partial charge on any atom is 0.408 e. The fourth-order valence-corrected chi connectivity index (χ4v) is 6.82. The molecule has 0 saturated carbocycles. The van der Waals surface area contributed by atoms with Gasteiger partial charge in [-0.15, -0.1) is 0 Å². The van der Waals surface area contributed by atoms with Crippen LogP contribution in [0.25, 0.3) is 10.8 Å². The minimum Gasteiger partial charge on any atom is -0.459 e. The first-order valence-electron chi connectivity index (χ1n) is 22.1. The van der Waals surface area contributed by atoms with Crippen molar-refractivity contribution >= 4 is 40.6 Å². The van der Waals surface area contributed by atoms with Crippen LogP contribution >= 0.6 is 0 Å². The minimum absolute atomic E-state index is 0.0639. The van der Waals surface area contributed by atoms with Crippen molar-refractivity contribution in [1.29, 1.82) is 0 Å². The quantitative estimate of drug-likeness (QED) is 0.0964. The number of ether oxygens (including phenoxy) is 3. The van der Waals surface area contributed by atoms with E-state index in [0.29, 0.717) is 58.9 Å². The molecule has 0 spiro atoms. The summed E-state index contributed by atoms with van der Waals surface area (Å²) in [6, 6.07) is 20.3. The molecule has 352 valence electrons. The highest BCUT2D eigenvalue weighted by Crippen LogP contribution is 2.18. The van der Waals surface area contributed by atoms with Crippen molar-refractivity contribution < 1.29 is 43.0 Å². The van der Waals surface area contributed by atoms with Crippen molar-refractivity contribution in [3.63, 3.8) is 0 Å². The maximum atomic E-state index is 13.4. The van der Waals surface area contributed by atoms with E-state index in [1.807, 2.05) is 123 Å². The summed E-state index contributed by atoms with van der Waals surface area (Å²) in [5.41, 5.74) is 3.06. The number of hydrogen-bond acceptors (Lipinski definition) is 13. The van der Waals surface area contributed by atoms with Crippen LogP contribution in [0, 0.1) is 0 Å². The number of carbonyl (C=O) groups is 5. The van der Waals surface area contributed by atoms with E-state index in [9.17, 15) is 24.0 Å². The summed E-state index contributed by atoms with van der Waals surface area (Å²) in [6.07, 6.45) is -0.495. The Labute approximate surface area is 379 Å². The second-order valence-corrected chi connectivity index (χ2v) is 19.2. The lowest BCUT2D eigenvalue weighted by atomic mass is 10.0. The van der Waals surface area contributed by atoms with E-state index in [1.54, 1.807) is 20.8 Å². The van der Waals surface area contributed by atoms with Gasteiger partial charge in [-0.2, -0.15) is 0 Å². The molecule has 0 radical (unpaired) electrons. The number of hydrogen-bond donors (Lipinski definition) is 4. The third kappa shape index (κ3) is 20.6. The Balaban J connectivity index is 1.32. The molecule has 1 aliphatic heterocycles. The number of amides is 3. The Morgan fingerprint density at radius 3 is 1.66 bits per heavy atom. The first-order valence-corrected chi connectivity index (χ1v) is 22.1. The number of nitrogens with one attached hydrogen (secondary N) is 4. The summed E-state index contributed by atoms with van der Waals surface area (Å²) in [5.74, 6) is -1.30. The van der Waals surface area contributed by atoms with Crippen LogP contribution in [-0.4, -0.2) is 139 Å². The molecule has 3 aromatic rings. The first-order chi connectivity index (χ1) is 30.1. The molecular formula is C48H71N7O9. The van der Waals surface area contributed by atoms with E-state index >= 15 is 0 Å². The Morgan fingerprint density at radius 1 is 0.609 bits per heavy atom. The maximum absolute atomic E-state index is 13.4. The Hall–Kier alpha value is -5.13. The SMILES string of the molecule is CC(C)(C)OC(=O)CN1CCNCCN(CC(=O)OC(C)(C)C)CCN(CC(=O)NCc2ccc(CONC(=O)[C@@H](Cc3ccc4ccccc4c3)NC(=O)OC(C)(C)C)cc2)CC1. The highest BCUT2D eigenvalue weighted by Gasteiger charge is 2.26. The Kier molecular flexibility index (Phi) is 19.5. The predicted molar refractivity (Wildman–Crippen MR) is 246 cm³/mol. The van der Waals surface area contributed by atoms with E-state index in [1.165, 1.54) is 0 Å². The van der Waals surface area contributed by atoms with Crippen LogP contribution in [0.1, 0.15) is 79.0 Å². The molecule has 0 aliphatic carbocycles. The number of hydroxylamine groups is 1. The second kappa shape index (κ2) is 24.2. The zero-order valence-corrected chi connectivity index (χ0v) is 39.3. The van der Waals surface area contributed by atoms with Crippen LogP contribution in [0.2, 0.25) is 0 Å². The highest BCUT2D eigenvalue weighted by molar-refractivity contribution is 5.86. The largest absolute Gasteiger partial charge is 0.459 e. The average molecular weight is 890 g/mol. The molecule has 0 bridgehead atoms. The average Bonchev–Trinajstić information content (AvgIpc) is 3.18. The number of esters is 2. The number of fused-ring (bicyclic) bond motifs is 1. The molecule has 3 aromatic carbocycles. The van der Waals surface area contributed by atoms with E-state index in [4.69, 9.17) is 19.0 Å². The highest BCUT2D eigenvalue weighted by atomic mass is 16.7. The van der Waals surface area contributed by atoms with Crippen molar-refractivity contribution in [2.45, 2.75) is 105 Å². The van der Waals surface area contributed by atoms with Crippen molar-refractivity contribution in [3.05, 3.63) is 83.4 Å². The molecule has 4 N–H and O–H groups in total. The van der Waals surface area contributed by atoms with Gasteiger partial charge in [-0.05, 0) is 89.8 Å². The van der Waals surface area contributed by atoms with Crippen molar-refractivity contribution in [2.75, 3.05) is 72.0 Å². The van der Waals surface area contributed by atoms with Gasteiger partial charge in [-0.3, -0.25) is 38.7 Å². The van der Waals surface area contributed by atoms with Crippen LogP contribution in [0.3, 0.4) is 0 Å². The van der Waals surface area contributed by atoms with Gasteiger partial charge >= 0.3 is 18.0 Å².